The number of β-amino-alcohol motifs (C(OH)–C–C–N with tert-alkyl or cyclic N) is 1. The second-order valence-corrected chi connectivity index (χ2v) is 7.59. The fourth-order valence-electron chi connectivity index (χ4n) is 4.72. The average molecular weight is 385 g/mol. The summed E-state index contributed by atoms with van der Waals surface area (Å²) in [5.74, 6) is -0.502. The number of benzene rings is 2. The normalized spacial score (nSPS) is 26.7. The number of nitrogens with zero attached hydrogens (tertiary/aromatic N) is 1. The molecule has 4 rings (SSSR count). The number of hydrogen-bond donors (Lipinski definition) is 4. The minimum absolute atomic E-state index is 0.118. The first-order chi connectivity index (χ1) is 13.4. The molecule has 148 valence electrons. The molecule has 4 unspecified atom stereocenters. The molecule has 2 saturated heterocycles. The summed E-state index contributed by atoms with van der Waals surface area (Å²) < 4.78 is 13.5. The Morgan fingerprint density at radius 2 is 1.79 bits per heavy atom. The van der Waals surface area contributed by atoms with Crippen molar-refractivity contribution < 1.29 is 19.4 Å². The molecule has 0 saturated carbocycles. The average Bonchev–Trinajstić information content (AvgIpc) is 3.16. The summed E-state index contributed by atoms with van der Waals surface area (Å²) in [7, 11) is 0. The number of hydrogen-bond acceptors (Lipinski definition) is 5. The van der Waals surface area contributed by atoms with Crippen LogP contribution in [0, 0.1) is 25.6 Å². The minimum Gasteiger partial charge on any atom is -0.508 e. The monoisotopic (exact) mass is 385 g/mol. The van der Waals surface area contributed by atoms with Gasteiger partial charge in [-0.3, -0.25) is 4.79 Å². The number of halogens is 1. The van der Waals surface area contributed by atoms with Crippen LogP contribution in [0.1, 0.15) is 34.3 Å². The standard InChI is InChI=1S/C21H24FN3O3/c1-11-9-12(2)16(15(27)10-11)18-17-19(24-23-18)21(28)25(7-8-26)20(17)13-3-5-14(22)6-4-13/h3-6,9-10,17-20,23-24,26-27H,7-8H2,1-2H3. The fourth-order valence-corrected chi connectivity index (χ4v) is 4.72. The number of aromatic hydroxyl groups is 1. The number of likely N-dealkylation sites (tertiary alicyclic amines) is 1. The van der Waals surface area contributed by atoms with Crippen LogP contribution in [0.4, 0.5) is 4.39 Å². The minimum atomic E-state index is -0.494. The van der Waals surface area contributed by atoms with Crippen LogP contribution in [0.25, 0.3) is 0 Å². The lowest BCUT2D eigenvalue weighted by molar-refractivity contribution is -0.131. The van der Waals surface area contributed by atoms with Gasteiger partial charge in [-0.1, -0.05) is 18.2 Å². The van der Waals surface area contributed by atoms with E-state index >= 15 is 0 Å². The van der Waals surface area contributed by atoms with Gasteiger partial charge in [-0.2, -0.15) is 0 Å². The molecule has 0 spiro atoms. The summed E-state index contributed by atoms with van der Waals surface area (Å²) in [5, 5.41) is 20.1. The van der Waals surface area contributed by atoms with Crippen LogP contribution < -0.4 is 10.9 Å². The lowest BCUT2D eigenvalue weighted by Crippen LogP contribution is -2.42. The molecule has 2 aromatic carbocycles. The van der Waals surface area contributed by atoms with Crippen LogP contribution in [0.2, 0.25) is 0 Å². The molecule has 0 bridgehead atoms. The number of aryl methyl sites for hydroxylation is 2. The third-order valence-corrected chi connectivity index (χ3v) is 5.79. The second-order valence-electron chi connectivity index (χ2n) is 7.59. The van der Waals surface area contributed by atoms with Crippen LogP contribution in [0.3, 0.4) is 0 Å². The Hall–Kier alpha value is -2.48. The molecule has 0 aliphatic carbocycles. The lowest BCUT2D eigenvalue weighted by atomic mass is 9.81. The molecule has 2 aliphatic rings. The van der Waals surface area contributed by atoms with Crippen molar-refractivity contribution in [2.45, 2.75) is 32.0 Å². The molecule has 4 N–H and O–H groups in total. The zero-order valence-corrected chi connectivity index (χ0v) is 15.8. The maximum Gasteiger partial charge on any atom is 0.242 e. The van der Waals surface area contributed by atoms with Crippen LogP contribution >= 0.6 is 0 Å². The molecule has 2 aromatic rings. The zero-order valence-electron chi connectivity index (χ0n) is 15.8. The zero-order chi connectivity index (χ0) is 20.0. The Morgan fingerprint density at radius 3 is 2.43 bits per heavy atom. The Bertz CT molecular complexity index is 879. The Labute approximate surface area is 163 Å². The quantitative estimate of drug-likeness (QED) is 0.646. The van der Waals surface area contributed by atoms with Crippen LogP contribution in [0.15, 0.2) is 36.4 Å². The fraction of sp³-hybridized carbons (Fsp3) is 0.381. The van der Waals surface area contributed by atoms with Crippen molar-refractivity contribution >= 4 is 5.91 Å². The number of nitrogens with one attached hydrogen (secondary N) is 2. The first-order valence-electron chi connectivity index (χ1n) is 9.40. The van der Waals surface area contributed by atoms with E-state index in [0.717, 1.165) is 22.3 Å². The molecule has 28 heavy (non-hydrogen) atoms. The largest absolute Gasteiger partial charge is 0.508 e. The Morgan fingerprint density at radius 1 is 1.11 bits per heavy atom. The van der Waals surface area contributed by atoms with Gasteiger partial charge in [0.15, 0.2) is 0 Å². The van der Waals surface area contributed by atoms with E-state index in [1.54, 1.807) is 23.1 Å². The molecule has 6 nitrogen and oxygen atoms in total. The molecule has 2 aliphatic heterocycles. The number of aliphatic hydroxyl groups excluding tert-OH is 1. The number of hydrazine groups is 1. The van der Waals surface area contributed by atoms with Crippen LogP contribution in [-0.2, 0) is 4.79 Å². The number of phenolic OH excluding ortho intramolecular Hbond substituents is 1. The summed E-state index contributed by atoms with van der Waals surface area (Å²) >= 11 is 0. The summed E-state index contributed by atoms with van der Waals surface area (Å²) in [4.78, 5) is 14.6. The number of carbonyl (C=O) groups is 1. The van der Waals surface area contributed by atoms with Crippen molar-refractivity contribution in [1.82, 2.24) is 15.8 Å². The van der Waals surface area contributed by atoms with Gasteiger partial charge in [0.1, 0.15) is 17.6 Å². The number of carbonyl (C=O) groups excluding carboxylic acids is 1. The topological polar surface area (TPSA) is 84.8 Å². The number of fused-ring (bicyclic) bond motifs is 1. The Balaban J connectivity index is 1.81. The van der Waals surface area contributed by atoms with Gasteiger partial charge in [0.25, 0.3) is 0 Å². The van der Waals surface area contributed by atoms with Gasteiger partial charge in [0.2, 0.25) is 5.91 Å². The van der Waals surface area contributed by atoms with Crippen molar-refractivity contribution in [2.75, 3.05) is 13.2 Å². The number of aliphatic hydroxyl groups is 1. The van der Waals surface area contributed by atoms with E-state index in [2.05, 4.69) is 10.9 Å². The van der Waals surface area contributed by atoms with Crippen molar-refractivity contribution in [3.63, 3.8) is 0 Å². The van der Waals surface area contributed by atoms with Gasteiger partial charge >= 0.3 is 0 Å². The van der Waals surface area contributed by atoms with E-state index in [1.807, 2.05) is 19.9 Å². The molecule has 4 atom stereocenters. The van der Waals surface area contributed by atoms with Crippen molar-refractivity contribution in [3.05, 3.63) is 64.5 Å². The summed E-state index contributed by atoms with van der Waals surface area (Å²) in [6.45, 7) is 3.90. The highest BCUT2D eigenvalue weighted by molar-refractivity contribution is 5.86. The van der Waals surface area contributed by atoms with E-state index in [0.29, 0.717) is 0 Å². The van der Waals surface area contributed by atoms with E-state index in [9.17, 15) is 19.4 Å². The highest BCUT2D eigenvalue weighted by atomic mass is 19.1. The first-order valence-corrected chi connectivity index (χ1v) is 9.40. The number of rotatable bonds is 4. The second kappa shape index (κ2) is 7.16. The Kier molecular flexibility index (Phi) is 4.82. The van der Waals surface area contributed by atoms with Crippen molar-refractivity contribution in [3.8, 4) is 5.75 Å². The number of amides is 1. The molecule has 1 amide bonds. The lowest BCUT2D eigenvalue weighted by Gasteiger charge is -2.31. The highest BCUT2D eigenvalue weighted by Gasteiger charge is 2.55. The van der Waals surface area contributed by atoms with Crippen molar-refractivity contribution in [2.24, 2.45) is 5.92 Å². The SMILES string of the molecule is Cc1cc(C)c(C2NNC3C(=O)N(CCO)C(c4ccc(F)cc4)C32)c(O)c1. The van der Waals surface area contributed by atoms with Crippen LogP contribution in [0.5, 0.6) is 5.75 Å². The molecule has 0 radical (unpaired) electrons. The van der Waals surface area contributed by atoms with E-state index in [4.69, 9.17) is 0 Å². The van der Waals surface area contributed by atoms with Gasteiger partial charge < -0.3 is 15.1 Å². The molecular formula is C21H24FN3O3. The smallest absolute Gasteiger partial charge is 0.242 e. The van der Waals surface area contributed by atoms with E-state index in [-0.39, 0.29) is 48.6 Å². The summed E-state index contributed by atoms with van der Waals surface area (Å²) in [6, 6.07) is 8.67. The first kappa shape index (κ1) is 18.9. The predicted octanol–water partition coefficient (Wildman–Crippen LogP) is 1.86. The van der Waals surface area contributed by atoms with Crippen molar-refractivity contribution in [1.29, 1.82) is 0 Å². The molecular weight excluding hydrogens is 361 g/mol. The summed E-state index contributed by atoms with van der Waals surface area (Å²) in [6.07, 6.45) is 0. The third kappa shape index (κ3) is 2.96. The van der Waals surface area contributed by atoms with E-state index < -0.39 is 6.04 Å². The van der Waals surface area contributed by atoms with Gasteiger partial charge in [0.05, 0.1) is 18.7 Å². The molecule has 7 heteroatoms. The molecule has 2 heterocycles. The number of phenols is 1. The predicted molar refractivity (Wildman–Crippen MR) is 102 cm³/mol. The highest BCUT2D eigenvalue weighted by Crippen LogP contribution is 2.49. The third-order valence-electron chi connectivity index (χ3n) is 5.79. The maximum atomic E-state index is 13.5. The van der Waals surface area contributed by atoms with Gasteiger partial charge in [-0.05, 0) is 48.7 Å². The van der Waals surface area contributed by atoms with E-state index in [1.165, 1.54) is 12.1 Å². The maximum absolute atomic E-state index is 13.5. The molecule has 2 fully saturated rings. The van der Waals surface area contributed by atoms with Gasteiger partial charge in [0, 0.05) is 18.0 Å². The van der Waals surface area contributed by atoms with Gasteiger partial charge in [-0.25, -0.2) is 15.2 Å². The summed E-state index contributed by atoms with van der Waals surface area (Å²) in [5.41, 5.74) is 9.70. The van der Waals surface area contributed by atoms with Gasteiger partial charge in [-0.15, -0.1) is 0 Å². The van der Waals surface area contributed by atoms with Crippen LogP contribution in [-0.4, -0.2) is 40.2 Å². The molecule has 0 aromatic heterocycles.